The number of oxazole rings is 1. The Labute approximate surface area is 177 Å². The molecule has 0 spiro atoms. The highest BCUT2D eigenvalue weighted by Crippen LogP contribution is 2.38. The maximum atomic E-state index is 6.30. The molecule has 0 atom stereocenters. The van der Waals surface area contributed by atoms with Gasteiger partial charge in [-0.25, -0.2) is 4.98 Å². The third-order valence-corrected chi connectivity index (χ3v) is 6.15. The summed E-state index contributed by atoms with van der Waals surface area (Å²) < 4.78 is 18.8. The van der Waals surface area contributed by atoms with Gasteiger partial charge in [0.1, 0.15) is 5.52 Å². The Bertz CT molecular complexity index is 1180. The number of benzene rings is 3. The van der Waals surface area contributed by atoms with E-state index in [4.69, 9.17) is 18.7 Å². The van der Waals surface area contributed by atoms with Crippen molar-refractivity contribution in [1.82, 2.24) is 4.98 Å². The molecule has 1 saturated heterocycles. The largest absolute Gasteiger partial charge is 0.494 e. The van der Waals surface area contributed by atoms with Crippen molar-refractivity contribution in [2.75, 3.05) is 0 Å². The third-order valence-electron chi connectivity index (χ3n) is 6.15. The smallest absolute Gasteiger partial charge is 0.436 e. The van der Waals surface area contributed by atoms with Crippen LogP contribution in [0.5, 0.6) is 0 Å². The summed E-state index contributed by atoms with van der Waals surface area (Å²) >= 11 is 0. The van der Waals surface area contributed by atoms with Crippen LogP contribution in [0, 0.1) is 0 Å². The molecule has 1 fully saturated rings. The summed E-state index contributed by atoms with van der Waals surface area (Å²) in [6.45, 7) is 8.24. The molecule has 0 saturated carbocycles. The lowest BCUT2D eigenvalue weighted by molar-refractivity contribution is 0.00578. The summed E-state index contributed by atoms with van der Waals surface area (Å²) in [7, 11) is -0.466. The van der Waals surface area contributed by atoms with E-state index in [9.17, 15) is 0 Å². The lowest BCUT2D eigenvalue weighted by Crippen LogP contribution is -2.41. The zero-order valence-electron chi connectivity index (χ0n) is 17.7. The van der Waals surface area contributed by atoms with Gasteiger partial charge in [-0.1, -0.05) is 54.6 Å². The van der Waals surface area contributed by atoms with Gasteiger partial charge >= 0.3 is 7.12 Å². The Morgan fingerprint density at radius 3 is 1.90 bits per heavy atom. The molecular weight excluding hydrogens is 373 g/mol. The van der Waals surface area contributed by atoms with E-state index in [1.807, 2.05) is 54.6 Å². The van der Waals surface area contributed by atoms with E-state index in [1.54, 1.807) is 0 Å². The molecule has 0 radical (unpaired) electrons. The van der Waals surface area contributed by atoms with Crippen LogP contribution in [0.25, 0.3) is 33.7 Å². The maximum absolute atomic E-state index is 6.30. The Morgan fingerprint density at radius 2 is 1.30 bits per heavy atom. The van der Waals surface area contributed by atoms with Crippen LogP contribution in [-0.2, 0) is 9.31 Å². The van der Waals surface area contributed by atoms with Gasteiger partial charge in [-0.05, 0) is 56.9 Å². The normalized spacial score (nSPS) is 17.5. The Morgan fingerprint density at radius 1 is 0.733 bits per heavy atom. The fourth-order valence-corrected chi connectivity index (χ4v) is 3.71. The van der Waals surface area contributed by atoms with Gasteiger partial charge < -0.3 is 13.7 Å². The van der Waals surface area contributed by atoms with Gasteiger partial charge in [0.25, 0.3) is 0 Å². The molecule has 1 aliphatic rings. The molecule has 0 bridgehead atoms. The summed E-state index contributed by atoms with van der Waals surface area (Å²) in [5, 5.41) is 0. The molecule has 0 unspecified atom stereocenters. The van der Waals surface area contributed by atoms with E-state index in [0.717, 1.165) is 33.3 Å². The lowest BCUT2D eigenvalue weighted by atomic mass is 9.77. The van der Waals surface area contributed by atoms with Crippen molar-refractivity contribution in [3.8, 4) is 22.6 Å². The van der Waals surface area contributed by atoms with Gasteiger partial charge in [-0.15, -0.1) is 0 Å². The van der Waals surface area contributed by atoms with Crippen LogP contribution in [0.2, 0.25) is 0 Å². The highest BCUT2D eigenvalue weighted by atomic mass is 16.7. The van der Waals surface area contributed by atoms with Crippen molar-refractivity contribution in [1.29, 1.82) is 0 Å². The molecule has 150 valence electrons. The van der Waals surface area contributed by atoms with Gasteiger partial charge in [-0.2, -0.15) is 0 Å². The van der Waals surface area contributed by atoms with Gasteiger partial charge in [0.2, 0.25) is 5.89 Å². The van der Waals surface area contributed by atoms with Crippen LogP contribution in [-0.4, -0.2) is 23.3 Å². The predicted molar refractivity (Wildman–Crippen MR) is 121 cm³/mol. The van der Waals surface area contributed by atoms with Crippen molar-refractivity contribution in [3.05, 3.63) is 72.8 Å². The molecule has 2 heterocycles. The minimum atomic E-state index is -0.466. The third kappa shape index (κ3) is 3.15. The van der Waals surface area contributed by atoms with Gasteiger partial charge in [0.15, 0.2) is 5.58 Å². The molecule has 1 aliphatic heterocycles. The van der Waals surface area contributed by atoms with E-state index in [0.29, 0.717) is 5.89 Å². The molecule has 5 rings (SSSR count). The van der Waals surface area contributed by atoms with E-state index >= 15 is 0 Å². The first-order chi connectivity index (χ1) is 14.3. The van der Waals surface area contributed by atoms with E-state index in [1.165, 1.54) is 0 Å². The van der Waals surface area contributed by atoms with Gasteiger partial charge in [-0.3, -0.25) is 0 Å². The number of nitrogens with zero attached hydrogens (tertiary/aromatic N) is 1. The summed E-state index contributed by atoms with van der Waals surface area (Å²) in [4.78, 5) is 4.84. The van der Waals surface area contributed by atoms with Gasteiger partial charge in [0.05, 0.1) is 11.2 Å². The molecule has 0 N–H and O–H groups in total. The number of hydrogen-bond acceptors (Lipinski definition) is 4. The first-order valence-electron chi connectivity index (χ1n) is 10.2. The molecule has 4 nitrogen and oxygen atoms in total. The number of rotatable bonds is 3. The number of hydrogen-bond donors (Lipinski definition) is 0. The molecule has 5 heteroatoms. The van der Waals surface area contributed by atoms with Crippen molar-refractivity contribution >= 4 is 23.7 Å². The highest BCUT2D eigenvalue weighted by Gasteiger charge is 2.51. The second kappa shape index (κ2) is 6.83. The van der Waals surface area contributed by atoms with Crippen molar-refractivity contribution in [3.63, 3.8) is 0 Å². The minimum Gasteiger partial charge on any atom is -0.436 e. The lowest BCUT2D eigenvalue weighted by Gasteiger charge is -2.32. The first kappa shape index (κ1) is 19.1. The average Bonchev–Trinajstić information content (AvgIpc) is 3.26. The fourth-order valence-electron chi connectivity index (χ4n) is 3.71. The summed E-state index contributed by atoms with van der Waals surface area (Å²) in [6.07, 6.45) is 0. The van der Waals surface area contributed by atoms with Crippen molar-refractivity contribution in [2.45, 2.75) is 38.9 Å². The summed E-state index contributed by atoms with van der Waals surface area (Å²) in [5.41, 5.74) is 4.70. The topological polar surface area (TPSA) is 44.5 Å². The van der Waals surface area contributed by atoms with E-state index < -0.39 is 18.3 Å². The number of aromatic nitrogens is 1. The fraction of sp³-hybridized carbons (Fsp3) is 0.240. The molecule has 3 aromatic carbocycles. The quantitative estimate of drug-likeness (QED) is 0.431. The van der Waals surface area contributed by atoms with Crippen LogP contribution in [0.1, 0.15) is 27.7 Å². The monoisotopic (exact) mass is 397 g/mol. The Balaban J connectivity index is 1.68. The standard InChI is InChI=1S/C25H24BNO3/c1-24(2)25(3,4)30-26(29-24)19-15-20(17-11-7-5-8-12-17)22-21(16-19)28-23(27-22)18-13-9-6-10-14-18/h5-16H,1-4H3. The van der Waals surface area contributed by atoms with Crippen LogP contribution in [0.15, 0.2) is 77.2 Å². The molecule has 1 aromatic heterocycles. The first-order valence-corrected chi connectivity index (χ1v) is 10.2. The summed E-state index contributed by atoms with van der Waals surface area (Å²) in [6, 6.07) is 24.3. The molecular formula is C25H24BNO3. The van der Waals surface area contributed by atoms with Gasteiger partial charge in [0, 0.05) is 11.1 Å². The average molecular weight is 397 g/mol. The molecule has 0 amide bonds. The second-order valence-corrected chi connectivity index (χ2v) is 8.75. The van der Waals surface area contributed by atoms with Crippen LogP contribution >= 0.6 is 0 Å². The Hall–Kier alpha value is -2.89. The highest BCUT2D eigenvalue weighted by molar-refractivity contribution is 6.62. The predicted octanol–water partition coefficient (Wildman–Crippen LogP) is 5.46. The zero-order valence-corrected chi connectivity index (χ0v) is 17.7. The van der Waals surface area contributed by atoms with E-state index in [2.05, 4.69) is 45.9 Å². The SMILES string of the molecule is CC1(C)OB(c2cc(-c3ccccc3)c3nc(-c4ccccc4)oc3c2)OC1(C)C. The molecule has 4 aromatic rings. The zero-order chi connectivity index (χ0) is 20.9. The van der Waals surface area contributed by atoms with Crippen LogP contribution in [0.3, 0.4) is 0 Å². The number of fused-ring (bicyclic) bond motifs is 1. The van der Waals surface area contributed by atoms with Crippen molar-refractivity contribution in [2.24, 2.45) is 0 Å². The van der Waals surface area contributed by atoms with Crippen LogP contribution < -0.4 is 5.46 Å². The molecule has 0 aliphatic carbocycles. The second-order valence-electron chi connectivity index (χ2n) is 8.75. The molecule has 30 heavy (non-hydrogen) atoms. The van der Waals surface area contributed by atoms with E-state index in [-0.39, 0.29) is 0 Å². The summed E-state index contributed by atoms with van der Waals surface area (Å²) in [5.74, 6) is 0.605. The van der Waals surface area contributed by atoms with Crippen LogP contribution in [0.4, 0.5) is 0 Å². The maximum Gasteiger partial charge on any atom is 0.494 e. The minimum absolute atomic E-state index is 0.407. The van der Waals surface area contributed by atoms with Crippen molar-refractivity contribution < 1.29 is 13.7 Å². The Kier molecular flexibility index (Phi) is 4.35.